The molecule has 13 heavy (non-hydrogen) atoms. The lowest BCUT2D eigenvalue weighted by molar-refractivity contribution is 0.406. The lowest BCUT2D eigenvalue weighted by atomic mass is 10.1. The number of hydrogen-bond acceptors (Lipinski definition) is 2. The Hall–Kier alpha value is -1.27. The Bertz CT molecular complexity index is 384. The van der Waals surface area contributed by atoms with Gasteiger partial charge in [0.2, 0.25) is 0 Å². The van der Waals surface area contributed by atoms with E-state index in [0.717, 1.165) is 0 Å². The van der Waals surface area contributed by atoms with Crippen LogP contribution in [0.1, 0.15) is 11.1 Å². The van der Waals surface area contributed by atoms with E-state index in [1.807, 2.05) is 6.07 Å². The fraction of sp³-hybridized carbons (Fsp3) is 0.222. The molecule has 68 valence electrons. The quantitative estimate of drug-likeness (QED) is 0.697. The average Bonchev–Trinajstić information content (AvgIpc) is 2.13. The van der Waals surface area contributed by atoms with Crippen molar-refractivity contribution in [3.05, 3.63) is 28.0 Å². The summed E-state index contributed by atoms with van der Waals surface area (Å²) in [6, 6.07) is 3.13. The molecule has 0 bridgehead atoms. The topological polar surface area (TPSA) is 33.0 Å². The van der Waals surface area contributed by atoms with Crippen LogP contribution >= 0.6 is 11.6 Å². The summed E-state index contributed by atoms with van der Waals surface area (Å²) in [5.41, 5.74) is 0.498. The van der Waals surface area contributed by atoms with Crippen LogP contribution in [0.15, 0.2) is 6.07 Å². The number of benzene rings is 1. The molecule has 0 amide bonds. The monoisotopic (exact) mass is 199 g/mol. The molecule has 1 aromatic carbocycles. The number of nitriles is 1. The van der Waals surface area contributed by atoms with E-state index in [2.05, 4.69) is 0 Å². The van der Waals surface area contributed by atoms with Crippen molar-refractivity contribution in [3.63, 3.8) is 0 Å². The first-order valence-corrected chi connectivity index (χ1v) is 3.92. The van der Waals surface area contributed by atoms with Crippen LogP contribution in [-0.4, -0.2) is 7.11 Å². The van der Waals surface area contributed by atoms with Crippen LogP contribution in [0.2, 0.25) is 5.02 Å². The summed E-state index contributed by atoms with van der Waals surface area (Å²) >= 11 is 5.55. The molecule has 0 heterocycles. The van der Waals surface area contributed by atoms with Gasteiger partial charge in [0.15, 0.2) is 0 Å². The number of methoxy groups -OCH3 is 1. The summed E-state index contributed by atoms with van der Waals surface area (Å²) in [6.07, 6.45) is 0. The maximum absolute atomic E-state index is 13.2. The second kappa shape index (κ2) is 3.63. The summed E-state index contributed by atoms with van der Waals surface area (Å²) < 4.78 is 18.1. The maximum Gasteiger partial charge on any atom is 0.148 e. The molecule has 0 aliphatic heterocycles. The smallest absolute Gasteiger partial charge is 0.148 e. The molecular formula is C9H7ClFNO. The van der Waals surface area contributed by atoms with Crippen molar-refractivity contribution in [2.24, 2.45) is 0 Å². The normalized spacial score (nSPS) is 9.46. The van der Waals surface area contributed by atoms with E-state index in [0.29, 0.717) is 0 Å². The van der Waals surface area contributed by atoms with Crippen molar-refractivity contribution in [2.45, 2.75) is 6.92 Å². The first-order valence-electron chi connectivity index (χ1n) is 3.54. The number of hydrogen-bond donors (Lipinski definition) is 0. The van der Waals surface area contributed by atoms with Crippen molar-refractivity contribution < 1.29 is 9.13 Å². The van der Waals surface area contributed by atoms with E-state index in [4.69, 9.17) is 21.6 Å². The summed E-state index contributed by atoms with van der Waals surface area (Å²) in [4.78, 5) is 0. The zero-order valence-corrected chi connectivity index (χ0v) is 7.94. The third-order valence-corrected chi connectivity index (χ3v) is 1.99. The van der Waals surface area contributed by atoms with Gasteiger partial charge in [0.25, 0.3) is 0 Å². The number of ether oxygens (including phenoxy) is 1. The Morgan fingerprint density at radius 1 is 1.62 bits per heavy atom. The van der Waals surface area contributed by atoms with Gasteiger partial charge in [-0.15, -0.1) is 0 Å². The summed E-state index contributed by atoms with van der Waals surface area (Å²) in [5, 5.41) is 8.62. The fourth-order valence-corrected chi connectivity index (χ4v) is 1.33. The minimum atomic E-state index is -0.544. The van der Waals surface area contributed by atoms with Crippen LogP contribution in [0, 0.1) is 24.1 Å². The van der Waals surface area contributed by atoms with Crippen molar-refractivity contribution in [1.82, 2.24) is 0 Å². The molecule has 0 fully saturated rings. The Kier molecular flexibility index (Phi) is 2.74. The Balaban J connectivity index is 3.50. The third kappa shape index (κ3) is 1.58. The van der Waals surface area contributed by atoms with E-state index in [-0.39, 0.29) is 21.9 Å². The van der Waals surface area contributed by atoms with Crippen LogP contribution < -0.4 is 4.74 Å². The highest BCUT2D eigenvalue weighted by Gasteiger charge is 2.14. The van der Waals surface area contributed by atoms with Gasteiger partial charge in [-0.3, -0.25) is 0 Å². The van der Waals surface area contributed by atoms with E-state index in [1.165, 1.54) is 20.1 Å². The zero-order valence-electron chi connectivity index (χ0n) is 7.19. The Morgan fingerprint density at radius 2 is 2.23 bits per heavy atom. The van der Waals surface area contributed by atoms with E-state index in [1.54, 1.807) is 0 Å². The van der Waals surface area contributed by atoms with Crippen molar-refractivity contribution in [2.75, 3.05) is 7.11 Å². The molecule has 0 unspecified atom stereocenters. The predicted octanol–water partition coefficient (Wildman–Crippen LogP) is 2.67. The van der Waals surface area contributed by atoms with Gasteiger partial charge in [-0.1, -0.05) is 11.6 Å². The highest BCUT2D eigenvalue weighted by Crippen LogP contribution is 2.30. The minimum absolute atomic E-state index is 0.0603. The molecule has 0 spiro atoms. The van der Waals surface area contributed by atoms with Crippen molar-refractivity contribution in [3.8, 4) is 11.8 Å². The first-order chi connectivity index (χ1) is 6.11. The highest BCUT2D eigenvalue weighted by molar-refractivity contribution is 6.31. The number of halogens is 2. The standard InChI is InChI=1S/C9H7ClFNO/c1-5-8(11)7(10)3-6(4-12)9(5)13-2/h3H,1-2H3. The molecule has 0 saturated heterocycles. The maximum atomic E-state index is 13.2. The van der Waals surface area contributed by atoms with E-state index in [9.17, 15) is 4.39 Å². The minimum Gasteiger partial charge on any atom is -0.495 e. The first kappa shape index (κ1) is 9.82. The van der Waals surface area contributed by atoms with Gasteiger partial charge in [-0.05, 0) is 13.0 Å². The summed E-state index contributed by atoms with van der Waals surface area (Å²) in [6.45, 7) is 1.51. The zero-order chi connectivity index (χ0) is 10.0. The highest BCUT2D eigenvalue weighted by atomic mass is 35.5. The molecule has 0 N–H and O–H groups in total. The lowest BCUT2D eigenvalue weighted by Crippen LogP contribution is -1.95. The van der Waals surface area contributed by atoms with Crippen LogP contribution in [0.4, 0.5) is 4.39 Å². The molecule has 0 saturated carbocycles. The summed E-state index contributed by atoms with van der Waals surface area (Å²) in [5.74, 6) is -0.304. The lowest BCUT2D eigenvalue weighted by Gasteiger charge is -2.08. The van der Waals surface area contributed by atoms with Crippen LogP contribution in [0.5, 0.6) is 5.75 Å². The van der Waals surface area contributed by atoms with Gasteiger partial charge < -0.3 is 4.74 Å². The average molecular weight is 200 g/mol. The van der Waals surface area contributed by atoms with Crippen molar-refractivity contribution >= 4 is 11.6 Å². The predicted molar refractivity (Wildman–Crippen MR) is 47.4 cm³/mol. The molecule has 0 radical (unpaired) electrons. The molecule has 4 heteroatoms. The van der Waals surface area contributed by atoms with Gasteiger partial charge in [-0.25, -0.2) is 4.39 Å². The van der Waals surface area contributed by atoms with Gasteiger partial charge in [0.05, 0.1) is 17.7 Å². The SMILES string of the molecule is COc1c(C#N)cc(Cl)c(F)c1C. The summed E-state index contributed by atoms with van der Waals surface area (Å²) in [7, 11) is 1.39. The number of nitrogens with zero attached hydrogens (tertiary/aromatic N) is 1. The van der Waals surface area contributed by atoms with Crippen LogP contribution in [-0.2, 0) is 0 Å². The third-order valence-electron chi connectivity index (χ3n) is 1.72. The molecule has 0 aromatic heterocycles. The second-order valence-corrected chi connectivity index (χ2v) is 2.90. The molecule has 0 aliphatic rings. The molecule has 1 rings (SSSR count). The molecule has 2 nitrogen and oxygen atoms in total. The Morgan fingerprint density at radius 3 is 2.69 bits per heavy atom. The molecule has 0 aliphatic carbocycles. The van der Waals surface area contributed by atoms with Gasteiger partial charge >= 0.3 is 0 Å². The molecule has 0 atom stereocenters. The fourth-order valence-electron chi connectivity index (χ4n) is 1.08. The van der Waals surface area contributed by atoms with E-state index >= 15 is 0 Å². The number of rotatable bonds is 1. The van der Waals surface area contributed by atoms with E-state index < -0.39 is 5.82 Å². The van der Waals surface area contributed by atoms with Crippen LogP contribution in [0.3, 0.4) is 0 Å². The van der Waals surface area contributed by atoms with Crippen LogP contribution in [0.25, 0.3) is 0 Å². The second-order valence-electron chi connectivity index (χ2n) is 2.49. The largest absolute Gasteiger partial charge is 0.495 e. The van der Waals surface area contributed by atoms with Crippen molar-refractivity contribution in [1.29, 1.82) is 5.26 Å². The molecule has 1 aromatic rings. The molecular weight excluding hydrogens is 193 g/mol. The van der Waals surface area contributed by atoms with Gasteiger partial charge in [0, 0.05) is 5.56 Å². The Labute approximate surface area is 80.5 Å². The van der Waals surface area contributed by atoms with Gasteiger partial charge in [0.1, 0.15) is 17.6 Å². The van der Waals surface area contributed by atoms with Gasteiger partial charge in [-0.2, -0.15) is 5.26 Å².